The predicted molar refractivity (Wildman–Crippen MR) is 99.7 cm³/mol. The van der Waals surface area contributed by atoms with Crippen molar-refractivity contribution in [1.29, 1.82) is 0 Å². The maximum atomic E-state index is 12.4. The molecule has 0 aliphatic carbocycles. The Kier molecular flexibility index (Phi) is 5.97. The minimum absolute atomic E-state index is 0.00516. The molecule has 0 unspecified atom stereocenters. The van der Waals surface area contributed by atoms with Crippen molar-refractivity contribution in [2.75, 3.05) is 18.5 Å². The van der Waals surface area contributed by atoms with Crippen LogP contribution >= 0.6 is 0 Å². The highest BCUT2D eigenvalue weighted by Gasteiger charge is 2.19. The van der Waals surface area contributed by atoms with E-state index in [0.717, 1.165) is 11.6 Å². The Hall–Kier alpha value is -3.72. The first-order valence-corrected chi connectivity index (χ1v) is 8.38. The molecule has 9 nitrogen and oxygen atoms in total. The van der Waals surface area contributed by atoms with E-state index in [9.17, 15) is 14.9 Å². The number of non-ortho nitro benzene ring substituents is 1. The molecule has 28 heavy (non-hydrogen) atoms. The Labute approximate surface area is 159 Å². The first-order chi connectivity index (χ1) is 13.6. The van der Waals surface area contributed by atoms with Crippen molar-refractivity contribution < 1.29 is 24.0 Å². The third kappa shape index (κ3) is 4.51. The number of hydrogen-bond donors (Lipinski definition) is 2. The maximum absolute atomic E-state index is 12.4. The number of benzene rings is 2. The van der Waals surface area contributed by atoms with E-state index in [1.54, 1.807) is 0 Å². The second-order valence-corrected chi connectivity index (χ2v) is 5.72. The number of nitro benzene ring substituents is 1. The van der Waals surface area contributed by atoms with Gasteiger partial charge in [0.2, 0.25) is 5.89 Å². The topological polar surface area (TPSA) is 128 Å². The molecule has 0 saturated carbocycles. The van der Waals surface area contributed by atoms with Gasteiger partial charge in [0, 0.05) is 29.9 Å². The number of aliphatic hydroxyl groups excluding tert-OH is 1. The summed E-state index contributed by atoms with van der Waals surface area (Å²) in [6, 6.07) is 13.0. The number of anilines is 1. The van der Waals surface area contributed by atoms with Gasteiger partial charge in [-0.05, 0) is 18.2 Å². The second kappa shape index (κ2) is 8.78. The fourth-order valence-corrected chi connectivity index (χ4v) is 2.46. The van der Waals surface area contributed by atoms with Gasteiger partial charge in [0.15, 0.2) is 0 Å². The SMILES string of the molecule is O=C(OCc1coc(-c2ccccc2)n1)c1cc([N+](=O)[O-])ccc1NCCO. The quantitative estimate of drug-likeness (QED) is 0.345. The molecule has 0 aliphatic heterocycles. The van der Waals surface area contributed by atoms with Crippen molar-refractivity contribution in [2.45, 2.75) is 6.61 Å². The zero-order chi connectivity index (χ0) is 19.9. The van der Waals surface area contributed by atoms with Crippen molar-refractivity contribution in [2.24, 2.45) is 0 Å². The molecule has 0 bridgehead atoms. The van der Waals surface area contributed by atoms with Crippen LogP contribution in [0.5, 0.6) is 0 Å². The van der Waals surface area contributed by atoms with Crippen molar-refractivity contribution in [3.8, 4) is 11.5 Å². The van der Waals surface area contributed by atoms with Crippen LogP contribution in [0.2, 0.25) is 0 Å². The lowest BCUT2D eigenvalue weighted by atomic mass is 10.1. The first-order valence-electron chi connectivity index (χ1n) is 8.38. The van der Waals surface area contributed by atoms with Crippen LogP contribution in [-0.2, 0) is 11.3 Å². The van der Waals surface area contributed by atoms with E-state index in [1.807, 2.05) is 30.3 Å². The van der Waals surface area contributed by atoms with Gasteiger partial charge >= 0.3 is 5.97 Å². The first kappa shape index (κ1) is 19.1. The Morgan fingerprint density at radius 1 is 1.25 bits per heavy atom. The molecule has 144 valence electrons. The van der Waals surface area contributed by atoms with E-state index in [1.165, 1.54) is 18.4 Å². The number of aliphatic hydroxyl groups is 1. The molecule has 1 aromatic heterocycles. The molecular weight excluding hydrogens is 366 g/mol. The molecule has 9 heteroatoms. The molecule has 1 heterocycles. The predicted octanol–water partition coefficient (Wildman–Crippen LogP) is 3.01. The molecule has 3 aromatic rings. The Morgan fingerprint density at radius 2 is 2.04 bits per heavy atom. The number of carbonyl (C=O) groups excluding carboxylic acids is 1. The third-order valence-corrected chi connectivity index (χ3v) is 3.78. The summed E-state index contributed by atoms with van der Waals surface area (Å²) in [4.78, 5) is 27.1. The number of hydrogen-bond acceptors (Lipinski definition) is 8. The molecule has 0 radical (unpaired) electrons. The van der Waals surface area contributed by atoms with Gasteiger partial charge in [-0.25, -0.2) is 9.78 Å². The summed E-state index contributed by atoms with van der Waals surface area (Å²) < 4.78 is 10.6. The van der Waals surface area contributed by atoms with Crippen LogP contribution in [0, 0.1) is 10.1 Å². The largest absolute Gasteiger partial charge is 0.455 e. The molecular formula is C19H17N3O6. The van der Waals surface area contributed by atoms with Crippen molar-refractivity contribution >= 4 is 17.3 Å². The number of ether oxygens (including phenoxy) is 1. The van der Waals surface area contributed by atoms with Gasteiger partial charge in [0.25, 0.3) is 5.69 Å². The van der Waals surface area contributed by atoms with E-state index in [-0.39, 0.29) is 31.0 Å². The number of esters is 1. The minimum atomic E-state index is -0.756. The maximum Gasteiger partial charge on any atom is 0.340 e. The Morgan fingerprint density at radius 3 is 2.75 bits per heavy atom. The van der Waals surface area contributed by atoms with Gasteiger partial charge in [-0.15, -0.1) is 0 Å². The van der Waals surface area contributed by atoms with Crippen molar-refractivity contribution in [3.05, 3.63) is 76.2 Å². The zero-order valence-corrected chi connectivity index (χ0v) is 14.7. The van der Waals surface area contributed by atoms with Gasteiger partial charge < -0.3 is 19.6 Å². The van der Waals surface area contributed by atoms with E-state index in [0.29, 0.717) is 17.3 Å². The van der Waals surface area contributed by atoms with Crippen LogP contribution in [0.25, 0.3) is 11.5 Å². The summed E-state index contributed by atoms with van der Waals surface area (Å²) in [6.45, 7) is -0.133. The van der Waals surface area contributed by atoms with Gasteiger partial charge in [-0.2, -0.15) is 0 Å². The molecule has 0 atom stereocenters. The highest BCUT2D eigenvalue weighted by Crippen LogP contribution is 2.24. The van der Waals surface area contributed by atoms with E-state index in [4.69, 9.17) is 14.3 Å². The number of carbonyl (C=O) groups is 1. The van der Waals surface area contributed by atoms with Gasteiger partial charge in [0.1, 0.15) is 18.6 Å². The summed E-state index contributed by atoms with van der Waals surface area (Å²) in [5.74, 6) is -0.360. The fraction of sp³-hybridized carbons (Fsp3) is 0.158. The standard InChI is InChI=1S/C19H17N3O6/c23-9-8-20-17-7-6-15(22(25)26)10-16(17)19(24)28-12-14-11-27-18(21-14)13-4-2-1-3-5-13/h1-7,10-11,20,23H,8-9,12H2. The van der Waals surface area contributed by atoms with E-state index < -0.39 is 10.9 Å². The zero-order valence-electron chi connectivity index (χ0n) is 14.7. The number of nitrogens with zero attached hydrogens (tertiary/aromatic N) is 2. The molecule has 0 aliphatic rings. The average Bonchev–Trinajstić information content (AvgIpc) is 3.20. The van der Waals surface area contributed by atoms with Gasteiger partial charge in [0.05, 0.1) is 17.1 Å². The molecule has 0 saturated heterocycles. The number of aromatic nitrogens is 1. The monoisotopic (exact) mass is 383 g/mol. The van der Waals surface area contributed by atoms with Gasteiger partial charge in [-0.3, -0.25) is 10.1 Å². The fourth-order valence-electron chi connectivity index (χ4n) is 2.46. The summed E-state index contributed by atoms with van der Waals surface area (Å²) in [5, 5.41) is 22.8. The van der Waals surface area contributed by atoms with Crippen LogP contribution in [0.4, 0.5) is 11.4 Å². The van der Waals surface area contributed by atoms with Crippen LogP contribution in [0.1, 0.15) is 16.1 Å². The van der Waals surface area contributed by atoms with Gasteiger partial charge in [-0.1, -0.05) is 18.2 Å². The Balaban J connectivity index is 1.73. The van der Waals surface area contributed by atoms with E-state index in [2.05, 4.69) is 10.3 Å². The number of oxazole rings is 1. The number of rotatable bonds is 8. The highest BCUT2D eigenvalue weighted by atomic mass is 16.6. The molecule has 2 aromatic carbocycles. The molecule has 3 rings (SSSR count). The lowest BCUT2D eigenvalue weighted by molar-refractivity contribution is -0.384. The number of nitro groups is 1. The highest BCUT2D eigenvalue weighted by molar-refractivity contribution is 5.96. The summed E-state index contributed by atoms with van der Waals surface area (Å²) in [6.07, 6.45) is 1.38. The van der Waals surface area contributed by atoms with E-state index >= 15 is 0 Å². The molecule has 0 amide bonds. The normalized spacial score (nSPS) is 10.5. The summed E-state index contributed by atoms with van der Waals surface area (Å²) >= 11 is 0. The Bertz CT molecular complexity index is 971. The molecule has 2 N–H and O–H groups in total. The molecule has 0 spiro atoms. The minimum Gasteiger partial charge on any atom is -0.455 e. The molecule has 0 fully saturated rings. The smallest absolute Gasteiger partial charge is 0.340 e. The average molecular weight is 383 g/mol. The third-order valence-electron chi connectivity index (χ3n) is 3.78. The van der Waals surface area contributed by atoms with Crippen LogP contribution in [0.15, 0.2) is 59.2 Å². The lowest BCUT2D eigenvalue weighted by Crippen LogP contribution is -2.13. The van der Waals surface area contributed by atoms with Crippen LogP contribution in [0.3, 0.4) is 0 Å². The summed E-state index contributed by atoms with van der Waals surface area (Å²) in [5.41, 5.74) is 1.27. The van der Waals surface area contributed by atoms with Crippen molar-refractivity contribution in [3.63, 3.8) is 0 Å². The van der Waals surface area contributed by atoms with Crippen LogP contribution in [-0.4, -0.2) is 34.1 Å². The lowest BCUT2D eigenvalue weighted by Gasteiger charge is -2.10. The number of nitrogens with one attached hydrogen (secondary N) is 1. The summed E-state index contributed by atoms with van der Waals surface area (Å²) in [7, 11) is 0. The van der Waals surface area contributed by atoms with Crippen molar-refractivity contribution in [1.82, 2.24) is 4.98 Å². The van der Waals surface area contributed by atoms with Crippen LogP contribution < -0.4 is 5.32 Å². The second-order valence-electron chi connectivity index (χ2n) is 5.72.